The maximum Gasteiger partial charge on any atom is 0.356 e. The minimum atomic E-state index is -0.407. The molecule has 3 aromatic heterocycles. The van der Waals surface area contributed by atoms with Gasteiger partial charge in [-0.05, 0) is 38.1 Å². The predicted molar refractivity (Wildman–Crippen MR) is 89.5 cm³/mol. The molecule has 0 N–H and O–H groups in total. The largest absolute Gasteiger partial charge is 0.461 e. The molecule has 0 spiro atoms. The van der Waals surface area contributed by atoms with Crippen molar-refractivity contribution in [1.29, 1.82) is 0 Å². The fourth-order valence-electron chi connectivity index (χ4n) is 2.43. The summed E-state index contributed by atoms with van der Waals surface area (Å²) < 4.78 is 6.81. The van der Waals surface area contributed by atoms with Crippen LogP contribution < -0.4 is 0 Å². The van der Waals surface area contributed by atoms with Crippen LogP contribution in [0.5, 0.6) is 0 Å². The first-order chi connectivity index (χ1) is 11.7. The van der Waals surface area contributed by atoms with Crippen LogP contribution in [0.15, 0.2) is 54.9 Å². The summed E-state index contributed by atoms with van der Waals surface area (Å²) in [5.41, 5.74) is 2.53. The molecular formula is C18H18N4O2. The summed E-state index contributed by atoms with van der Waals surface area (Å²) in [6, 6.07) is 12.7. The quantitative estimate of drug-likeness (QED) is 0.675. The van der Waals surface area contributed by atoms with E-state index in [1.807, 2.05) is 43.3 Å². The number of hydrogen-bond acceptors (Lipinski definition) is 5. The molecule has 0 fully saturated rings. The normalized spacial score (nSPS) is 11.9. The average Bonchev–Trinajstić information content (AvgIpc) is 3.08. The van der Waals surface area contributed by atoms with Crippen LogP contribution in [0.2, 0.25) is 0 Å². The van der Waals surface area contributed by atoms with Gasteiger partial charge >= 0.3 is 5.97 Å². The highest BCUT2D eigenvalue weighted by Crippen LogP contribution is 2.23. The molecule has 122 valence electrons. The number of carbonyl (C=O) groups excluding carboxylic acids is 1. The van der Waals surface area contributed by atoms with E-state index >= 15 is 0 Å². The summed E-state index contributed by atoms with van der Waals surface area (Å²) in [5.74, 6) is -0.407. The second kappa shape index (κ2) is 7.04. The standard InChI is InChI=1S/C18H18N4O2/c1-3-24-18(23)17-12-16(15-9-5-7-11-20-15)21-22(17)13(2)14-8-4-6-10-19-14/h4-13H,3H2,1-2H3. The van der Waals surface area contributed by atoms with Gasteiger partial charge in [0, 0.05) is 18.5 Å². The number of carbonyl (C=O) groups is 1. The van der Waals surface area contributed by atoms with Crippen molar-refractivity contribution in [2.24, 2.45) is 0 Å². The highest BCUT2D eigenvalue weighted by atomic mass is 16.5. The van der Waals surface area contributed by atoms with Crippen molar-refractivity contribution in [2.75, 3.05) is 6.61 Å². The number of hydrogen-bond donors (Lipinski definition) is 0. The lowest BCUT2D eigenvalue weighted by atomic mass is 10.2. The number of pyridine rings is 2. The van der Waals surface area contributed by atoms with Gasteiger partial charge in [0.05, 0.1) is 24.0 Å². The van der Waals surface area contributed by atoms with E-state index in [-0.39, 0.29) is 6.04 Å². The highest BCUT2D eigenvalue weighted by molar-refractivity contribution is 5.89. The third-order valence-corrected chi connectivity index (χ3v) is 3.63. The lowest BCUT2D eigenvalue weighted by molar-refractivity contribution is 0.0510. The number of nitrogens with zero attached hydrogens (tertiary/aromatic N) is 4. The molecule has 0 amide bonds. The van der Waals surface area contributed by atoms with E-state index in [0.717, 1.165) is 5.69 Å². The third kappa shape index (κ3) is 3.17. The molecular weight excluding hydrogens is 304 g/mol. The smallest absolute Gasteiger partial charge is 0.356 e. The zero-order valence-electron chi connectivity index (χ0n) is 13.6. The van der Waals surface area contributed by atoms with Gasteiger partial charge in [-0.15, -0.1) is 0 Å². The maximum absolute atomic E-state index is 12.3. The minimum Gasteiger partial charge on any atom is -0.461 e. The fraction of sp³-hybridized carbons (Fsp3) is 0.222. The topological polar surface area (TPSA) is 69.9 Å². The molecule has 3 rings (SSSR count). The van der Waals surface area contributed by atoms with Crippen molar-refractivity contribution in [3.63, 3.8) is 0 Å². The lowest BCUT2D eigenvalue weighted by Gasteiger charge is -2.14. The molecule has 0 bridgehead atoms. The molecule has 6 nitrogen and oxygen atoms in total. The van der Waals surface area contributed by atoms with Crippen LogP contribution in [0, 0.1) is 0 Å². The Morgan fingerprint density at radius 2 is 1.88 bits per heavy atom. The van der Waals surface area contributed by atoms with E-state index in [1.165, 1.54) is 0 Å². The van der Waals surface area contributed by atoms with Gasteiger partial charge in [0.15, 0.2) is 0 Å². The van der Waals surface area contributed by atoms with Crippen LogP contribution in [0.4, 0.5) is 0 Å². The van der Waals surface area contributed by atoms with Crippen molar-refractivity contribution in [3.8, 4) is 11.4 Å². The molecule has 0 saturated heterocycles. The molecule has 1 atom stereocenters. The third-order valence-electron chi connectivity index (χ3n) is 3.63. The van der Waals surface area contributed by atoms with E-state index in [4.69, 9.17) is 4.74 Å². The zero-order valence-corrected chi connectivity index (χ0v) is 13.6. The van der Waals surface area contributed by atoms with Gasteiger partial charge in [-0.3, -0.25) is 9.97 Å². The number of aromatic nitrogens is 4. The van der Waals surface area contributed by atoms with Gasteiger partial charge < -0.3 is 4.74 Å². The summed E-state index contributed by atoms with van der Waals surface area (Å²) in [6.45, 7) is 4.03. The Kier molecular flexibility index (Phi) is 4.65. The number of rotatable bonds is 5. The predicted octanol–water partition coefficient (Wildman–Crippen LogP) is 3.13. The van der Waals surface area contributed by atoms with E-state index < -0.39 is 5.97 Å². The molecule has 0 aromatic carbocycles. The van der Waals surface area contributed by atoms with Gasteiger partial charge in [-0.2, -0.15) is 5.10 Å². The van der Waals surface area contributed by atoms with Gasteiger partial charge in [-0.1, -0.05) is 12.1 Å². The Morgan fingerprint density at radius 3 is 2.50 bits per heavy atom. The van der Waals surface area contributed by atoms with Crippen LogP contribution in [0.1, 0.15) is 36.1 Å². The van der Waals surface area contributed by atoms with Crippen LogP contribution in [0.25, 0.3) is 11.4 Å². The highest BCUT2D eigenvalue weighted by Gasteiger charge is 2.22. The van der Waals surface area contributed by atoms with Gasteiger partial charge in [0.1, 0.15) is 11.4 Å². The van der Waals surface area contributed by atoms with E-state index in [0.29, 0.717) is 23.7 Å². The van der Waals surface area contributed by atoms with E-state index in [9.17, 15) is 4.79 Å². The molecule has 0 aliphatic heterocycles. The number of esters is 1. The first-order valence-electron chi connectivity index (χ1n) is 7.79. The number of ether oxygens (including phenoxy) is 1. The Labute approximate surface area is 140 Å². The van der Waals surface area contributed by atoms with Crippen LogP contribution in [-0.4, -0.2) is 32.3 Å². The molecule has 24 heavy (non-hydrogen) atoms. The van der Waals surface area contributed by atoms with Crippen molar-refractivity contribution in [2.45, 2.75) is 19.9 Å². The zero-order chi connectivity index (χ0) is 16.9. The first kappa shape index (κ1) is 15.9. The van der Waals surface area contributed by atoms with Crippen molar-refractivity contribution in [3.05, 3.63) is 66.2 Å². The summed E-state index contributed by atoms with van der Waals surface area (Å²) in [7, 11) is 0. The molecule has 6 heteroatoms. The SMILES string of the molecule is CCOC(=O)c1cc(-c2ccccn2)nn1C(C)c1ccccn1. The fourth-order valence-corrected chi connectivity index (χ4v) is 2.43. The molecule has 3 heterocycles. The molecule has 0 aliphatic rings. The lowest BCUT2D eigenvalue weighted by Crippen LogP contribution is -2.18. The summed E-state index contributed by atoms with van der Waals surface area (Å²) >= 11 is 0. The Morgan fingerprint density at radius 1 is 1.12 bits per heavy atom. The van der Waals surface area contributed by atoms with Gasteiger partial charge in [-0.25, -0.2) is 9.48 Å². The van der Waals surface area contributed by atoms with Crippen LogP contribution in [-0.2, 0) is 4.74 Å². The molecule has 3 aromatic rings. The van der Waals surface area contributed by atoms with Crippen LogP contribution in [0.3, 0.4) is 0 Å². The van der Waals surface area contributed by atoms with E-state index in [1.54, 1.807) is 30.1 Å². The average molecular weight is 322 g/mol. The van der Waals surface area contributed by atoms with Crippen LogP contribution >= 0.6 is 0 Å². The monoisotopic (exact) mass is 322 g/mol. The summed E-state index contributed by atoms with van der Waals surface area (Å²) in [5, 5.41) is 4.57. The Balaban J connectivity index is 2.06. The van der Waals surface area contributed by atoms with Crippen molar-refractivity contribution < 1.29 is 9.53 Å². The summed E-state index contributed by atoms with van der Waals surface area (Å²) in [6.07, 6.45) is 3.42. The molecule has 0 aliphatic carbocycles. The first-order valence-corrected chi connectivity index (χ1v) is 7.79. The van der Waals surface area contributed by atoms with Crippen molar-refractivity contribution >= 4 is 5.97 Å². The van der Waals surface area contributed by atoms with Gasteiger partial charge in [0.2, 0.25) is 0 Å². The second-order valence-corrected chi connectivity index (χ2v) is 5.23. The minimum absolute atomic E-state index is 0.205. The molecule has 0 radical (unpaired) electrons. The second-order valence-electron chi connectivity index (χ2n) is 5.23. The van der Waals surface area contributed by atoms with Gasteiger partial charge in [0.25, 0.3) is 0 Å². The summed E-state index contributed by atoms with van der Waals surface area (Å²) in [4.78, 5) is 21.0. The maximum atomic E-state index is 12.3. The molecule has 0 saturated carbocycles. The Hall–Kier alpha value is -3.02. The van der Waals surface area contributed by atoms with Crippen molar-refractivity contribution in [1.82, 2.24) is 19.7 Å². The van der Waals surface area contributed by atoms with E-state index in [2.05, 4.69) is 15.1 Å². The molecule has 1 unspecified atom stereocenters. The Bertz CT molecular complexity index is 816.